The van der Waals surface area contributed by atoms with E-state index in [2.05, 4.69) is 5.32 Å². The number of ether oxygens (including phenoxy) is 8. The largest absolute Gasteiger partial charge is 0.394 e. The lowest BCUT2D eigenvalue weighted by molar-refractivity contribution is -0.368. The van der Waals surface area contributed by atoms with Crippen molar-refractivity contribution >= 4 is 12.2 Å². The van der Waals surface area contributed by atoms with Gasteiger partial charge in [-0.2, -0.15) is 0 Å². The Morgan fingerprint density at radius 3 is 1.41 bits per heavy atom. The van der Waals surface area contributed by atoms with Crippen molar-refractivity contribution in [3.8, 4) is 0 Å². The van der Waals surface area contributed by atoms with Crippen molar-refractivity contribution in [1.29, 1.82) is 0 Å². The van der Waals surface area contributed by atoms with Gasteiger partial charge in [0.25, 0.3) is 0 Å². The van der Waals surface area contributed by atoms with E-state index in [1.54, 1.807) is 0 Å². The van der Waals surface area contributed by atoms with E-state index in [0.29, 0.717) is 0 Å². The second-order valence-electron chi connectivity index (χ2n) is 14.3. The van der Waals surface area contributed by atoms with E-state index in [-0.39, 0.29) is 6.29 Å². The lowest BCUT2D eigenvalue weighted by atomic mass is 9.95. The van der Waals surface area contributed by atoms with E-state index >= 15 is 0 Å². The first-order valence-electron chi connectivity index (χ1n) is 18.2. The van der Waals surface area contributed by atoms with Crippen LogP contribution in [0.3, 0.4) is 0 Å². The SMILES string of the molecule is CC(=O)N[C@H]1[C@@H](O[C@@H]([C@H](O[C@H]2O[C@H](CO)[C@H](O)[C@H](O)[C@H]2O)[C@@H](CO)O[C@@H]2O[C@@H](C)[C@@H](O)[C@@H](O)[C@@H]2O)[C@H](C=O)O[C@H]2O[C@H](CO)[C@H](O)[C@H](O)[C@H]2O)O[C@H](CO)[C@@H](O)[C@@H]1O. The summed E-state index contributed by atoms with van der Waals surface area (Å²) in [5.74, 6) is -0.846. The van der Waals surface area contributed by atoms with Crippen LogP contribution in [0.4, 0.5) is 0 Å². The molecule has 4 aliphatic heterocycles. The minimum absolute atomic E-state index is 0.0522. The maximum Gasteiger partial charge on any atom is 0.217 e. The second kappa shape index (κ2) is 21.3. The molecule has 0 unspecified atom stereocenters. The first-order chi connectivity index (χ1) is 27.3. The smallest absolute Gasteiger partial charge is 0.217 e. The summed E-state index contributed by atoms with van der Waals surface area (Å²) in [4.78, 5) is 25.3. The Hall–Kier alpha value is -1.78. The topological polar surface area (TPSA) is 423 Å². The Bertz CT molecular complexity index is 1290. The van der Waals surface area contributed by atoms with Gasteiger partial charge in [-0.05, 0) is 6.92 Å². The van der Waals surface area contributed by atoms with Gasteiger partial charge >= 0.3 is 0 Å². The van der Waals surface area contributed by atoms with Crippen LogP contribution in [0.2, 0.25) is 0 Å². The lowest BCUT2D eigenvalue weighted by Crippen LogP contribution is -2.67. The molecule has 4 fully saturated rings. The van der Waals surface area contributed by atoms with Crippen molar-refractivity contribution in [2.45, 2.75) is 161 Å². The van der Waals surface area contributed by atoms with E-state index in [4.69, 9.17) is 37.9 Å². The van der Waals surface area contributed by atoms with Crippen LogP contribution in [0.15, 0.2) is 0 Å². The van der Waals surface area contributed by atoms with Crippen LogP contribution >= 0.6 is 0 Å². The quantitative estimate of drug-likeness (QED) is 0.0604. The standard InChI is InChI=1S/C32H55NO25/c1-8-16(40)21(45)24(48)30(51-8)55-14(7-38)28(58-32-26(50)23(47)19(43)12(5-36)54-32)27(13(6-37)56-31-25(49)22(46)18(42)11(4-35)53-31)57-29-15(33-9(2)39)20(44)17(41)10(3-34)52-29/h6,8,10-32,34-36,38,40-50H,3-5,7H2,1-2H3,(H,33,39)/t8-,10+,11+,12+,13-,14+,15+,16+,17+,18-,19-,20+,21+,22-,23-,24-,25+,26+,27+,28+,29+,30-,31+,32+/m0/s1. The molecule has 58 heavy (non-hydrogen) atoms. The molecule has 0 aliphatic carbocycles. The Morgan fingerprint density at radius 1 is 0.552 bits per heavy atom. The van der Waals surface area contributed by atoms with Crippen molar-refractivity contribution in [1.82, 2.24) is 5.32 Å². The molecule has 4 aliphatic rings. The van der Waals surface area contributed by atoms with Gasteiger partial charge in [-0.1, -0.05) is 0 Å². The van der Waals surface area contributed by atoms with Crippen LogP contribution in [0.25, 0.3) is 0 Å². The number of hydrogen-bond acceptors (Lipinski definition) is 25. The molecular formula is C32H55NO25. The molecule has 0 aromatic rings. The molecule has 26 nitrogen and oxygen atoms in total. The van der Waals surface area contributed by atoms with Crippen LogP contribution in [-0.4, -0.2) is 262 Å². The Balaban J connectivity index is 1.87. The fourth-order valence-corrected chi connectivity index (χ4v) is 6.84. The number of hydrogen-bond donors (Lipinski definition) is 16. The van der Waals surface area contributed by atoms with Crippen molar-refractivity contribution < 1.29 is 124 Å². The molecule has 0 spiro atoms. The molecule has 0 radical (unpaired) electrons. The van der Waals surface area contributed by atoms with E-state index in [0.717, 1.165) is 6.92 Å². The van der Waals surface area contributed by atoms with Crippen molar-refractivity contribution in [2.75, 3.05) is 26.4 Å². The molecule has 0 aromatic heterocycles. The van der Waals surface area contributed by atoms with Gasteiger partial charge in [-0.25, -0.2) is 0 Å². The third-order valence-corrected chi connectivity index (χ3v) is 10.3. The summed E-state index contributed by atoms with van der Waals surface area (Å²) in [5, 5.41) is 159. The summed E-state index contributed by atoms with van der Waals surface area (Å²) < 4.78 is 45.6. The van der Waals surface area contributed by atoms with E-state index in [1.807, 2.05) is 0 Å². The Kier molecular flexibility index (Phi) is 18.0. The molecule has 24 atom stereocenters. The molecule has 1 amide bonds. The highest BCUT2D eigenvalue weighted by molar-refractivity contribution is 5.73. The minimum Gasteiger partial charge on any atom is -0.394 e. The van der Waals surface area contributed by atoms with E-state index < -0.39 is 180 Å². The zero-order valence-electron chi connectivity index (χ0n) is 31.1. The van der Waals surface area contributed by atoms with Gasteiger partial charge in [0.2, 0.25) is 5.91 Å². The van der Waals surface area contributed by atoms with Crippen molar-refractivity contribution in [2.24, 2.45) is 0 Å². The Morgan fingerprint density at radius 2 is 0.966 bits per heavy atom. The number of aliphatic hydroxyl groups excluding tert-OH is 15. The Labute approximate surface area is 329 Å². The fraction of sp³-hybridized carbons (Fsp3) is 0.938. The van der Waals surface area contributed by atoms with Crippen molar-refractivity contribution in [3.05, 3.63) is 0 Å². The highest BCUT2D eigenvalue weighted by Crippen LogP contribution is 2.33. The average Bonchev–Trinajstić information content (AvgIpc) is 3.20. The number of carbonyl (C=O) groups is 2. The number of nitrogens with one attached hydrogen (secondary N) is 1. The molecule has 4 saturated heterocycles. The summed E-state index contributed by atoms with van der Waals surface area (Å²) in [5.41, 5.74) is 0. The van der Waals surface area contributed by atoms with Gasteiger partial charge in [0.15, 0.2) is 31.4 Å². The molecule has 0 bridgehead atoms. The van der Waals surface area contributed by atoms with Crippen molar-refractivity contribution in [3.63, 3.8) is 0 Å². The lowest BCUT2D eigenvalue weighted by Gasteiger charge is -2.48. The zero-order chi connectivity index (χ0) is 43.3. The van der Waals surface area contributed by atoms with Gasteiger partial charge in [-0.15, -0.1) is 0 Å². The number of aliphatic hydroxyl groups is 15. The predicted molar refractivity (Wildman–Crippen MR) is 178 cm³/mol. The first-order valence-corrected chi connectivity index (χ1v) is 18.2. The molecule has 26 heteroatoms. The molecule has 0 aromatic carbocycles. The maximum absolute atomic E-state index is 13.1. The molecular weight excluding hydrogens is 798 g/mol. The monoisotopic (exact) mass is 853 g/mol. The molecule has 0 saturated carbocycles. The number of aldehydes is 1. The number of rotatable bonds is 17. The van der Waals surface area contributed by atoms with Crippen LogP contribution in [-0.2, 0) is 47.5 Å². The fourth-order valence-electron chi connectivity index (χ4n) is 6.84. The summed E-state index contributed by atoms with van der Waals surface area (Å²) in [6.07, 6.45) is -45.4. The minimum atomic E-state index is -2.31. The van der Waals surface area contributed by atoms with Crippen LogP contribution < -0.4 is 5.32 Å². The molecule has 4 rings (SSSR count). The molecule has 16 N–H and O–H groups in total. The average molecular weight is 854 g/mol. The molecule has 4 heterocycles. The summed E-state index contributed by atoms with van der Waals surface area (Å²) in [6.45, 7) is -1.92. The molecule has 338 valence electrons. The van der Waals surface area contributed by atoms with Gasteiger partial charge in [0.1, 0.15) is 116 Å². The number of amides is 1. The normalized spacial score (nSPS) is 45.8. The van der Waals surface area contributed by atoms with Crippen LogP contribution in [0.5, 0.6) is 0 Å². The van der Waals surface area contributed by atoms with Gasteiger partial charge < -0.3 is 125 Å². The summed E-state index contributed by atoms with van der Waals surface area (Å²) in [7, 11) is 0. The van der Waals surface area contributed by atoms with Gasteiger partial charge in [0, 0.05) is 6.92 Å². The number of carbonyl (C=O) groups excluding carboxylic acids is 2. The first kappa shape index (κ1) is 48.9. The summed E-state index contributed by atoms with van der Waals surface area (Å²) in [6, 6.07) is -1.78. The summed E-state index contributed by atoms with van der Waals surface area (Å²) >= 11 is 0. The van der Waals surface area contributed by atoms with E-state index in [1.165, 1.54) is 6.92 Å². The highest BCUT2D eigenvalue weighted by Gasteiger charge is 2.54. The predicted octanol–water partition coefficient (Wildman–Crippen LogP) is -10.9. The third kappa shape index (κ3) is 10.6. The van der Waals surface area contributed by atoms with Crippen LogP contribution in [0, 0.1) is 0 Å². The highest BCUT2D eigenvalue weighted by atomic mass is 16.8. The van der Waals surface area contributed by atoms with Crippen LogP contribution in [0.1, 0.15) is 13.8 Å². The maximum atomic E-state index is 13.1. The van der Waals surface area contributed by atoms with Gasteiger partial charge in [0.05, 0.1) is 32.5 Å². The third-order valence-electron chi connectivity index (χ3n) is 10.3. The van der Waals surface area contributed by atoms with E-state index in [9.17, 15) is 86.2 Å². The zero-order valence-corrected chi connectivity index (χ0v) is 31.1. The van der Waals surface area contributed by atoms with Gasteiger partial charge in [-0.3, -0.25) is 4.79 Å². The second-order valence-corrected chi connectivity index (χ2v) is 14.3.